The molecule has 0 spiro atoms. The summed E-state index contributed by atoms with van der Waals surface area (Å²) in [5.74, 6) is -0.309. The molecule has 2 aromatic carbocycles. The number of ether oxygens (including phenoxy) is 1. The highest BCUT2D eigenvalue weighted by molar-refractivity contribution is 7.83. The van der Waals surface area contributed by atoms with Gasteiger partial charge in [-0.3, -0.25) is 4.79 Å². The van der Waals surface area contributed by atoms with Gasteiger partial charge in [-0.1, -0.05) is 42.5 Å². The summed E-state index contributed by atoms with van der Waals surface area (Å²) >= 11 is 1.55. The highest BCUT2D eigenvalue weighted by atomic mass is 32.2. The maximum absolute atomic E-state index is 12.8. The minimum atomic E-state index is -1.43. The van der Waals surface area contributed by atoms with Crippen molar-refractivity contribution in [2.24, 2.45) is 0 Å². The lowest BCUT2D eigenvalue weighted by molar-refractivity contribution is -0.143. The summed E-state index contributed by atoms with van der Waals surface area (Å²) < 4.78 is 21.1. The number of carbonyl (C=O) groups excluding carboxylic acids is 1. The standard InChI is InChI=1S/C22H23NO3S2/c1-3-26-22(24)14-20(23-28(25)19-11-7-8-16(2)12-19)21-13-18(15-27-21)17-9-5-4-6-10-17/h4-13,15,20,23H,3,14H2,1-2H3/t20-,28+/m0/s1. The van der Waals surface area contributed by atoms with E-state index in [4.69, 9.17) is 4.74 Å². The second-order valence-corrected chi connectivity index (χ2v) is 8.56. The first-order valence-electron chi connectivity index (χ1n) is 9.11. The predicted octanol–water partition coefficient (Wildman–Crippen LogP) is 5.03. The molecular formula is C22H23NO3S2. The molecule has 0 fully saturated rings. The molecule has 1 N–H and O–H groups in total. The molecule has 28 heavy (non-hydrogen) atoms. The number of thiophene rings is 1. The van der Waals surface area contributed by atoms with Gasteiger partial charge in [0.1, 0.15) is 11.0 Å². The third-order valence-electron chi connectivity index (χ3n) is 4.20. The third-order valence-corrected chi connectivity index (χ3v) is 6.43. The molecule has 3 rings (SSSR count). The molecule has 0 bridgehead atoms. The van der Waals surface area contributed by atoms with E-state index in [9.17, 15) is 9.00 Å². The van der Waals surface area contributed by atoms with Crippen LogP contribution in [-0.2, 0) is 20.5 Å². The number of hydrogen-bond donors (Lipinski definition) is 1. The minimum absolute atomic E-state index is 0.125. The maximum Gasteiger partial charge on any atom is 0.307 e. The maximum atomic E-state index is 12.8. The largest absolute Gasteiger partial charge is 0.466 e. The molecule has 3 aromatic rings. The van der Waals surface area contributed by atoms with Gasteiger partial charge in [0.15, 0.2) is 0 Å². The molecule has 0 aliphatic heterocycles. The number of nitrogens with one attached hydrogen (secondary N) is 1. The Morgan fingerprint density at radius 2 is 1.89 bits per heavy atom. The van der Waals surface area contributed by atoms with Gasteiger partial charge in [0, 0.05) is 4.88 Å². The Bertz CT molecular complexity index is 953. The molecule has 0 saturated carbocycles. The summed E-state index contributed by atoms with van der Waals surface area (Å²) in [4.78, 5) is 13.8. The van der Waals surface area contributed by atoms with Crippen LogP contribution in [-0.4, -0.2) is 16.8 Å². The van der Waals surface area contributed by atoms with Crippen molar-refractivity contribution in [3.63, 3.8) is 0 Å². The van der Waals surface area contributed by atoms with Crippen LogP contribution in [0.3, 0.4) is 0 Å². The number of hydrogen-bond acceptors (Lipinski definition) is 4. The molecule has 0 amide bonds. The van der Waals surface area contributed by atoms with Crippen molar-refractivity contribution in [1.82, 2.24) is 4.72 Å². The lowest BCUT2D eigenvalue weighted by Gasteiger charge is -2.16. The van der Waals surface area contributed by atoms with Crippen molar-refractivity contribution in [2.75, 3.05) is 6.61 Å². The predicted molar refractivity (Wildman–Crippen MR) is 114 cm³/mol. The van der Waals surface area contributed by atoms with Crippen molar-refractivity contribution in [1.29, 1.82) is 0 Å². The van der Waals surface area contributed by atoms with Gasteiger partial charge in [-0.25, -0.2) is 8.93 Å². The highest BCUT2D eigenvalue weighted by Gasteiger charge is 2.22. The molecule has 0 aliphatic rings. The van der Waals surface area contributed by atoms with E-state index in [1.807, 2.05) is 67.6 Å². The van der Waals surface area contributed by atoms with Crippen LogP contribution in [0.1, 0.15) is 29.8 Å². The average Bonchev–Trinajstić information content (AvgIpc) is 3.18. The van der Waals surface area contributed by atoms with Crippen LogP contribution in [0.15, 0.2) is 70.9 Å². The summed E-state index contributed by atoms with van der Waals surface area (Å²) in [6.45, 7) is 4.07. The van der Waals surface area contributed by atoms with Crippen molar-refractivity contribution in [3.8, 4) is 11.1 Å². The molecule has 0 aliphatic carbocycles. The Labute approximate surface area is 172 Å². The summed E-state index contributed by atoms with van der Waals surface area (Å²) in [6.07, 6.45) is 0.125. The van der Waals surface area contributed by atoms with Gasteiger partial charge < -0.3 is 4.74 Å². The first-order chi connectivity index (χ1) is 13.6. The van der Waals surface area contributed by atoms with Crippen LogP contribution in [0.25, 0.3) is 11.1 Å². The van der Waals surface area contributed by atoms with E-state index in [-0.39, 0.29) is 18.4 Å². The second-order valence-electron chi connectivity index (χ2n) is 6.37. The van der Waals surface area contributed by atoms with Gasteiger partial charge in [-0.2, -0.15) is 0 Å². The molecular weight excluding hydrogens is 390 g/mol. The quantitative estimate of drug-likeness (QED) is 0.527. The molecule has 0 unspecified atom stereocenters. The Morgan fingerprint density at radius 3 is 2.61 bits per heavy atom. The van der Waals surface area contributed by atoms with E-state index < -0.39 is 11.0 Å². The van der Waals surface area contributed by atoms with Gasteiger partial charge in [-0.05, 0) is 54.1 Å². The first-order valence-corrected chi connectivity index (χ1v) is 11.1. The highest BCUT2D eigenvalue weighted by Crippen LogP contribution is 2.31. The molecule has 6 heteroatoms. The second kappa shape index (κ2) is 9.78. The molecule has 1 heterocycles. The zero-order valence-corrected chi connectivity index (χ0v) is 17.5. The van der Waals surface area contributed by atoms with E-state index >= 15 is 0 Å². The van der Waals surface area contributed by atoms with E-state index in [0.29, 0.717) is 11.5 Å². The molecule has 4 nitrogen and oxygen atoms in total. The molecule has 2 atom stereocenters. The van der Waals surface area contributed by atoms with Gasteiger partial charge in [-0.15, -0.1) is 11.3 Å². The lowest BCUT2D eigenvalue weighted by Crippen LogP contribution is -2.26. The molecule has 0 saturated heterocycles. The summed E-state index contributed by atoms with van der Waals surface area (Å²) in [7, 11) is -1.43. The van der Waals surface area contributed by atoms with E-state index in [2.05, 4.69) is 10.1 Å². The summed E-state index contributed by atoms with van der Waals surface area (Å²) in [5, 5.41) is 2.06. The van der Waals surface area contributed by atoms with E-state index in [1.165, 1.54) is 0 Å². The van der Waals surface area contributed by atoms with Crippen LogP contribution in [0.2, 0.25) is 0 Å². The molecule has 1 aromatic heterocycles. The van der Waals surface area contributed by atoms with Crippen LogP contribution in [0.4, 0.5) is 0 Å². The van der Waals surface area contributed by atoms with Crippen LogP contribution in [0, 0.1) is 6.92 Å². The Kier molecular flexibility index (Phi) is 7.14. The number of aryl methyl sites for hydroxylation is 1. The van der Waals surface area contributed by atoms with Gasteiger partial charge in [0.25, 0.3) is 0 Å². The fraction of sp³-hybridized carbons (Fsp3) is 0.227. The van der Waals surface area contributed by atoms with Crippen LogP contribution < -0.4 is 4.72 Å². The number of rotatable bonds is 8. The van der Waals surface area contributed by atoms with Crippen LogP contribution >= 0.6 is 11.3 Å². The van der Waals surface area contributed by atoms with Crippen molar-refractivity contribution < 1.29 is 13.7 Å². The number of carbonyl (C=O) groups is 1. The zero-order valence-electron chi connectivity index (χ0n) is 15.9. The Hall–Kier alpha value is -2.28. The molecule has 0 radical (unpaired) electrons. The molecule has 146 valence electrons. The van der Waals surface area contributed by atoms with Gasteiger partial charge in [0.05, 0.1) is 24.0 Å². The normalized spacial score (nSPS) is 13.1. The van der Waals surface area contributed by atoms with Crippen molar-refractivity contribution >= 4 is 28.3 Å². The fourth-order valence-electron chi connectivity index (χ4n) is 2.83. The van der Waals surface area contributed by atoms with Crippen LogP contribution in [0.5, 0.6) is 0 Å². The SMILES string of the molecule is CCOC(=O)C[C@H](N[S@](=O)c1cccc(C)c1)c1cc(-c2ccccc2)cs1. The smallest absolute Gasteiger partial charge is 0.307 e. The van der Waals surface area contributed by atoms with E-state index in [0.717, 1.165) is 21.6 Å². The Morgan fingerprint density at radius 1 is 1.11 bits per heavy atom. The third kappa shape index (κ3) is 5.38. The van der Waals surface area contributed by atoms with Gasteiger partial charge >= 0.3 is 5.97 Å². The minimum Gasteiger partial charge on any atom is -0.466 e. The van der Waals surface area contributed by atoms with Crippen molar-refractivity contribution in [2.45, 2.75) is 31.2 Å². The fourth-order valence-corrected chi connectivity index (χ4v) is 4.98. The number of benzene rings is 2. The average molecular weight is 414 g/mol. The lowest BCUT2D eigenvalue weighted by atomic mass is 10.1. The summed E-state index contributed by atoms with van der Waals surface area (Å²) in [6, 6.07) is 19.3. The van der Waals surface area contributed by atoms with E-state index in [1.54, 1.807) is 18.3 Å². The number of esters is 1. The summed E-state index contributed by atoms with van der Waals surface area (Å²) in [5.41, 5.74) is 3.23. The van der Waals surface area contributed by atoms with Crippen molar-refractivity contribution in [3.05, 3.63) is 76.5 Å². The zero-order chi connectivity index (χ0) is 19.9. The Balaban J connectivity index is 1.84. The monoisotopic (exact) mass is 413 g/mol. The topological polar surface area (TPSA) is 55.4 Å². The van der Waals surface area contributed by atoms with Gasteiger partial charge in [0.2, 0.25) is 0 Å². The first kappa shape index (κ1) is 20.5.